The summed E-state index contributed by atoms with van der Waals surface area (Å²) in [4.78, 5) is 47.1. The molecule has 0 bridgehead atoms. The molecule has 0 aliphatic carbocycles. The number of nitrogens with zero attached hydrogens (tertiary/aromatic N) is 4. The Balaban J connectivity index is 1.22. The fourth-order valence-electron chi connectivity index (χ4n) is 5.30. The lowest BCUT2D eigenvalue weighted by molar-refractivity contribution is -0.134. The van der Waals surface area contributed by atoms with Gasteiger partial charge in [-0.2, -0.15) is 0 Å². The van der Waals surface area contributed by atoms with Crippen LogP contribution in [-0.2, 0) is 14.3 Å². The first-order chi connectivity index (χ1) is 16.9. The van der Waals surface area contributed by atoms with Crippen LogP contribution in [0.15, 0.2) is 18.3 Å². The number of piperidine rings is 2. The number of carbonyl (C=O) groups excluding carboxylic acids is 3. The summed E-state index contributed by atoms with van der Waals surface area (Å²) in [7, 11) is 0. The highest BCUT2D eigenvalue weighted by atomic mass is 16.6. The fourth-order valence-corrected chi connectivity index (χ4v) is 5.30. The van der Waals surface area contributed by atoms with Gasteiger partial charge in [-0.15, -0.1) is 0 Å². The van der Waals surface area contributed by atoms with Gasteiger partial charge in [0.2, 0.25) is 11.8 Å². The van der Waals surface area contributed by atoms with Crippen molar-refractivity contribution in [1.29, 1.82) is 0 Å². The lowest BCUT2D eigenvalue weighted by Gasteiger charge is -2.43. The van der Waals surface area contributed by atoms with E-state index >= 15 is 0 Å². The third-order valence-corrected chi connectivity index (χ3v) is 7.59. The Kier molecular flexibility index (Phi) is 8.59. The molecule has 4 rings (SSSR count). The molecular weight excluding hydrogens is 446 g/mol. The summed E-state index contributed by atoms with van der Waals surface area (Å²) >= 11 is 0. The molecule has 4 heterocycles. The number of nitrogens with one attached hydrogen (secondary N) is 1. The molecule has 1 aromatic heterocycles. The highest BCUT2D eigenvalue weighted by molar-refractivity contribution is 6.00. The van der Waals surface area contributed by atoms with Crippen molar-refractivity contribution in [1.82, 2.24) is 20.1 Å². The summed E-state index contributed by atoms with van der Waals surface area (Å²) in [5.41, 5.74) is 0.867. The molecule has 0 aromatic carbocycles. The zero-order valence-electron chi connectivity index (χ0n) is 21.1. The van der Waals surface area contributed by atoms with Gasteiger partial charge in [0.15, 0.2) is 0 Å². The smallest absolute Gasteiger partial charge is 0.409 e. The number of carbonyl (C=O) groups is 3. The Morgan fingerprint density at radius 1 is 1.14 bits per heavy atom. The van der Waals surface area contributed by atoms with Gasteiger partial charge in [0.05, 0.1) is 12.5 Å². The predicted molar refractivity (Wildman–Crippen MR) is 133 cm³/mol. The van der Waals surface area contributed by atoms with Crippen molar-refractivity contribution in [2.45, 2.75) is 64.3 Å². The number of unbranched alkanes of at least 4 members (excludes halogenated alkanes) is 1. The Hall–Kier alpha value is -2.68. The molecule has 0 unspecified atom stereocenters. The van der Waals surface area contributed by atoms with Gasteiger partial charge < -0.3 is 14.5 Å². The minimum absolute atomic E-state index is 0.157. The Labute approximate surface area is 208 Å². The Bertz CT molecular complexity index is 884. The standard InChI is InChI=1S/C26H39N5O4/c1-3-4-15-35-26(34)29-11-9-20(10-12-29)18-30-13-14-31(17-19(30)2)23-7-5-21(16-27-23)22-6-8-24(32)28-25(22)33/h5,7,16,19-20,22H,3-4,6,8-15,17-18H2,1-2H3,(H,28,32,33)/t19-,22+/m0/s1. The van der Waals surface area contributed by atoms with E-state index in [9.17, 15) is 14.4 Å². The van der Waals surface area contributed by atoms with Crippen molar-refractivity contribution < 1.29 is 19.1 Å². The van der Waals surface area contributed by atoms with Gasteiger partial charge in [-0.1, -0.05) is 19.4 Å². The van der Waals surface area contributed by atoms with Crippen molar-refractivity contribution in [2.75, 3.05) is 50.8 Å². The first kappa shape index (κ1) is 25.4. The normalized spacial score (nSPS) is 24.4. The summed E-state index contributed by atoms with van der Waals surface area (Å²) in [6.07, 6.45) is 6.55. The van der Waals surface area contributed by atoms with Crippen LogP contribution in [0.5, 0.6) is 0 Å². The van der Waals surface area contributed by atoms with Gasteiger partial charge in [0, 0.05) is 57.9 Å². The van der Waals surface area contributed by atoms with E-state index in [1.165, 1.54) is 0 Å². The Morgan fingerprint density at radius 2 is 1.94 bits per heavy atom. The van der Waals surface area contributed by atoms with E-state index in [1.807, 2.05) is 17.0 Å². The molecule has 2 atom stereocenters. The number of hydrogen-bond acceptors (Lipinski definition) is 7. The van der Waals surface area contributed by atoms with Crippen molar-refractivity contribution >= 4 is 23.7 Å². The minimum Gasteiger partial charge on any atom is -0.449 e. The monoisotopic (exact) mass is 485 g/mol. The number of hydrogen-bond donors (Lipinski definition) is 1. The van der Waals surface area contributed by atoms with E-state index < -0.39 is 0 Å². The molecule has 35 heavy (non-hydrogen) atoms. The van der Waals surface area contributed by atoms with Gasteiger partial charge >= 0.3 is 6.09 Å². The summed E-state index contributed by atoms with van der Waals surface area (Å²) < 4.78 is 5.36. The molecule has 0 radical (unpaired) electrons. The molecule has 0 saturated carbocycles. The molecule has 3 aliphatic heterocycles. The molecule has 9 heteroatoms. The second-order valence-corrected chi connectivity index (χ2v) is 10.1. The predicted octanol–water partition coefficient (Wildman–Crippen LogP) is 2.76. The average molecular weight is 486 g/mol. The zero-order valence-corrected chi connectivity index (χ0v) is 21.1. The number of ether oxygens (including phenoxy) is 1. The van der Waals surface area contributed by atoms with Crippen LogP contribution < -0.4 is 10.2 Å². The summed E-state index contributed by atoms with van der Waals surface area (Å²) in [5.74, 6) is 0.821. The van der Waals surface area contributed by atoms with E-state index in [1.54, 1.807) is 6.20 Å². The highest BCUT2D eigenvalue weighted by Crippen LogP contribution is 2.27. The quantitative estimate of drug-likeness (QED) is 0.469. The SMILES string of the molecule is CCCCOC(=O)N1CCC(CN2CCN(c3ccc([C@H]4CCC(=O)NC4=O)cn3)C[C@@H]2C)CC1. The fraction of sp³-hybridized carbons (Fsp3) is 0.692. The minimum atomic E-state index is -0.297. The average Bonchev–Trinajstić information content (AvgIpc) is 2.86. The van der Waals surface area contributed by atoms with Crippen LogP contribution in [0, 0.1) is 5.92 Å². The van der Waals surface area contributed by atoms with E-state index in [0.29, 0.717) is 31.4 Å². The molecule has 9 nitrogen and oxygen atoms in total. The molecule has 3 aliphatic rings. The van der Waals surface area contributed by atoms with E-state index in [0.717, 1.165) is 76.3 Å². The van der Waals surface area contributed by atoms with Crippen LogP contribution in [0.25, 0.3) is 0 Å². The largest absolute Gasteiger partial charge is 0.449 e. The third kappa shape index (κ3) is 6.51. The maximum absolute atomic E-state index is 12.2. The number of likely N-dealkylation sites (tertiary alicyclic amines) is 1. The maximum atomic E-state index is 12.2. The number of rotatable bonds is 7. The topological polar surface area (TPSA) is 95.1 Å². The third-order valence-electron chi connectivity index (χ3n) is 7.59. The van der Waals surface area contributed by atoms with Crippen LogP contribution in [0.2, 0.25) is 0 Å². The Morgan fingerprint density at radius 3 is 2.60 bits per heavy atom. The number of imide groups is 1. The van der Waals surface area contributed by atoms with Crippen molar-refractivity contribution in [3.05, 3.63) is 23.9 Å². The molecular formula is C26H39N5O4. The molecule has 3 saturated heterocycles. The molecule has 3 amide bonds. The van der Waals surface area contributed by atoms with Crippen LogP contribution in [0.3, 0.4) is 0 Å². The number of pyridine rings is 1. The van der Waals surface area contributed by atoms with E-state index in [2.05, 4.69) is 33.9 Å². The lowest BCUT2D eigenvalue weighted by Crippen LogP contribution is -2.54. The summed E-state index contributed by atoms with van der Waals surface area (Å²) in [6.45, 7) is 10.3. The van der Waals surface area contributed by atoms with E-state index in [-0.39, 0.29) is 23.8 Å². The molecule has 1 aromatic rings. The first-order valence-corrected chi connectivity index (χ1v) is 13.1. The number of anilines is 1. The molecule has 0 spiro atoms. The van der Waals surface area contributed by atoms with Gasteiger partial charge in [-0.05, 0) is 50.2 Å². The van der Waals surface area contributed by atoms with Crippen molar-refractivity contribution in [3.63, 3.8) is 0 Å². The first-order valence-electron chi connectivity index (χ1n) is 13.1. The van der Waals surface area contributed by atoms with E-state index in [4.69, 9.17) is 4.74 Å². The highest BCUT2D eigenvalue weighted by Gasteiger charge is 2.31. The van der Waals surface area contributed by atoms with Crippen molar-refractivity contribution in [3.8, 4) is 0 Å². The second kappa shape index (κ2) is 11.8. The van der Waals surface area contributed by atoms with Crippen LogP contribution in [0.1, 0.15) is 63.9 Å². The maximum Gasteiger partial charge on any atom is 0.409 e. The zero-order chi connectivity index (χ0) is 24.8. The lowest BCUT2D eigenvalue weighted by atomic mass is 9.92. The number of piperazine rings is 1. The van der Waals surface area contributed by atoms with Crippen LogP contribution >= 0.6 is 0 Å². The summed E-state index contributed by atoms with van der Waals surface area (Å²) in [6, 6.07) is 4.38. The van der Waals surface area contributed by atoms with Crippen LogP contribution in [0.4, 0.5) is 10.6 Å². The van der Waals surface area contributed by atoms with Crippen LogP contribution in [-0.4, -0.2) is 84.6 Å². The molecule has 1 N–H and O–H groups in total. The number of aromatic nitrogens is 1. The van der Waals surface area contributed by atoms with Gasteiger partial charge in [-0.25, -0.2) is 9.78 Å². The molecule has 3 fully saturated rings. The number of amides is 3. The van der Waals surface area contributed by atoms with Gasteiger partial charge in [0.1, 0.15) is 5.82 Å². The second-order valence-electron chi connectivity index (χ2n) is 10.1. The summed E-state index contributed by atoms with van der Waals surface area (Å²) in [5, 5.41) is 2.42. The molecule has 192 valence electrons. The van der Waals surface area contributed by atoms with Gasteiger partial charge in [-0.3, -0.25) is 19.8 Å². The van der Waals surface area contributed by atoms with Gasteiger partial charge in [0.25, 0.3) is 0 Å². The van der Waals surface area contributed by atoms with Crippen molar-refractivity contribution in [2.24, 2.45) is 5.92 Å².